The molecule has 1 N–H and O–H groups in total. The Labute approximate surface area is 173 Å². The molecule has 2 aromatic rings. The van der Waals surface area contributed by atoms with Gasteiger partial charge in [-0.15, -0.1) is 0 Å². The Morgan fingerprint density at radius 1 is 1.25 bits per heavy atom. The van der Waals surface area contributed by atoms with Crippen molar-refractivity contribution >= 4 is 40.2 Å². The number of hydrogen-bond donors (Lipinski definition) is 1. The first kappa shape index (κ1) is 21.1. The van der Waals surface area contributed by atoms with Gasteiger partial charge in [-0.1, -0.05) is 42.6 Å². The van der Waals surface area contributed by atoms with Crippen LogP contribution < -0.4 is 5.56 Å². The molecular formula is C20H26ClN3O3S. The highest BCUT2D eigenvalue weighted by Gasteiger charge is 2.18. The highest BCUT2D eigenvalue weighted by atomic mass is 35.5. The molecule has 6 nitrogen and oxygen atoms in total. The summed E-state index contributed by atoms with van der Waals surface area (Å²) < 4.78 is 1.45. The lowest BCUT2D eigenvalue weighted by molar-refractivity contribution is -0.128. The molecule has 0 radical (unpaired) electrons. The molecular weight excluding hydrogens is 398 g/mol. The lowest BCUT2D eigenvalue weighted by Gasteiger charge is -2.24. The number of carbonyl (C=O) groups is 1. The summed E-state index contributed by atoms with van der Waals surface area (Å²) in [5.41, 5.74) is 0.268. The minimum Gasteiger partial charge on any atom is -0.392 e. The molecule has 152 valence electrons. The van der Waals surface area contributed by atoms with Crippen LogP contribution in [0.2, 0.25) is 5.02 Å². The summed E-state index contributed by atoms with van der Waals surface area (Å²) in [7, 11) is 0. The summed E-state index contributed by atoms with van der Waals surface area (Å²) in [6, 6.07) is 4.94. The Morgan fingerprint density at radius 3 is 2.61 bits per heavy atom. The summed E-state index contributed by atoms with van der Waals surface area (Å²) in [6.07, 6.45) is 4.95. The van der Waals surface area contributed by atoms with E-state index in [4.69, 9.17) is 11.6 Å². The number of aliphatic hydroxyl groups excluding tert-OH is 1. The van der Waals surface area contributed by atoms with Gasteiger partial charge in [-0.25, -0.2) is 4.98 Å². The zero-order valence-corrected chi connectivity index (χ0v) is 17.6. The number of thioether (sulfide) groups is 1. The molecule has 1 aliphatic rings. The van der Waals surface area contributed by atoms with E-state index in [0.29, 0.717) is 21.1 Å². The van der Waals surface area contributed by atoms with E-state index in [1.54, 1.807) is 25.1 Å². The van der Waals surface area contributed by atoms with E-state index in [0.717, 1.165) is 38.8 Å². The van der Waals surface area contributed by atoms with Crippen molar-refractivity contribution in [2.24, 2.45) is 0 Å². The van der Waals surface area contributed by atoms with Crippen molar-refractivity contribution in [3.63, 3.8) is 0 Å². The first-order chi connectivity index (χ1) is 13.5. The average Bonchev–Trinajstić information content (AvgIpc) is 2.61. The molecule has 2 heterocycles. The molecule has 1 atom stereocenters. The van der Waals surface area contributed by atoms with Gasteiger partial charge in [-0.3, -0.25) is 14.2 Å². The maximum Gasteiger partial charge on any atom is 0.262 e. The third-order valence-electron chi connectivity index (χ3n) is 4.86. The minimum absolute atomic E-state index is 0.0657. The summed E-state index contributed by atoms with van der Waals surface area (Å²) in [4.78, 5) is 32.1. The maximum absolute atomic E-state index is 12.9. The van der Waals surface area contributed by atoms with Crippen molar-refractivity contribution in [3.8, 4) is 0 Å². The van der Waals surface area contributed by atoms with Gasteiger partial charge in [0.2, 0.25) is 5.91 Å². The van der Waals surface area contributed by atoms with Gasteiger partial charge in [0.25, 0.3) is 5.56 Å². The van der Waals surface area contributed by atoms with E-state index in [-0.39, 0.29) is 23.8 Å². The number of halogens is 1. The number of aromatic nitrogens is 2. The zero-order valence-electron chi connectivity index (χ0n) is 16.1. The van der Waals surface area contributed by atoms with Gasteiger partial charge in [-0.2, -0.15) is 0 Å². The fraction of sp³-hybridized carbons (Fsp3) is 0.550. The molecule has 0 bridgehead atoms. The predicted molar refractivity (Wildman–Crippen MR) is 113 cm³/mol. The second-order valence-corrected chi connectivity index (χ2v) is 8.64. The number of likely N-dealkylation sites (tertiary alicyclic amines) is 1. The van der Waals surface area contributed by atoms with Gasteiger partial charge < -0.3 is 10.0 Å². The summed E-state index contributed by atoms with van der Waals surface area (Å²) in [6.45, 7) is 3.34. The number of nitrogens with zero attached hydrogens (tertiary/aromatic N) is 3. The molecule has 1 aromatic heterocycles. The van der Waals surface area contributed by atoms with E-state index in [2.05, 4.69) is 4.98 Å². The third-order valence-corrected chi connectivity index (χ3v) is 6.06. The van der Waals surface area contributed by atoms with Crippen molar-refractivity contribution in [1.29, 1.82) is 0 Å². The first-order valence-corrected chi connectivity index (χ1v) is 11.1. The maximum atomic E-state index is 12.9. The summed E-state index contributed by atoms with van der Waals surface area (Å²) in [5.74, 6) is 0.286. The molecule has 1 amide bonds. The van der Waals surface area contributed by atoms with Gasteiger partial charge in [-0.05, 0) is 38.0 Å². The Hall–Kier alpha value is -1.57. The molecule has 8 heteroatoms. The van der Waals surface area contributed by atoms with E-state index < -0.39 is 6.10 Å². The minimum atomic E-state index is -0.700. The Kier molecular flexibility index (Phi) is 7.37. The number of carbonyl (C=O) groups excluding carboxylic acids is 1. The van der Waals surface area contributed by atoms with Gasteiger partial charge in [0.15, 0.2) is 5.16 Å². The van der Waals surface area contributed by atoms with Crippen LogP contribution in [0.15, 0.2) is 28.2 Å². The number of aliphatic hydroxyl groups is 1. The Bertz CT molecular complexity index is 892. The monoisotopic (exact) mass is 423 g/mol. The van der Waals surface area contributed by atoms with Crippen LogP contribution >= 0.6 is 23.4 Å². The van der Waals surface area contributed by atoms with Crippen molar-refractivity contribution in [1.82, 2.24) is 14.5 Å². The quantitative estimate of drug-likeness (QED) is 0.589. The Balaban J connectivity index is 1.84. The van der Waals surface area contributed by atoms with Gasteiger partial charge >= 0.3 is 0 Å². The molecule has 0 spiro atoms. The summed E-state index contributed by atoms with van der Waals surface area (Å²) >= 11 is 7.29. The van der Waals surface area contributed by atoms with Crippen LogP contribution in [0.4, 0.5) is 0 Å². The number of amides is 1. The van der Waals surface area contributed by atoms with Gasteiger partial charge in [0.05, 0.1) is 29.3 Å². The fourth-order valence-corrected chi connectivity index (χ4v) is 4.50. The largest absolute Gasteiger partial charge is 0.392 e. The standard InChI is InChI=1S/C20H26ClN3O3S/c1-14(25)12-24-19(27)16-8-7-15(21)11-17(16)22-20(24)28-13-18(26)23-9-5-3-2-4-6-10-23/h7-8,11,14,25H,2-6,9-10,12-13H2,1H3/t14-/m1/s1. The third kappa shape index (κ3) is 5.27. The Morgan fingerprint density at radius 2 is 1.93 bits per heavy atom. The first-order valence-electron chi connectivity index (χ1n) is 9.74. The molecule has 0 unspecified atom stereocenters. The van der Waals surface area contributed by atoms with E-state index >= 15 is 0 Å². The number of fused-ring (bicyclic) bond motifs is 1. The highest BCUT2D eigenvalue weighted by molar-refractivity contribution is 7.99. The molecule has 3 rings (SSSR count). The van der Waals surface area contributed by atoms with E-state index in [1.807, 2.05) is 4.90 Å². The van der Waals surface area contributed by atoms with E-state index in [1.165, 1.54) is 22.7 Å². The predicted octanol–water partition coefficient (Wildman–Crippen LogP) is 3.32. The van der Waals surface area contributed by atoms with Crippen LogP contribution in [0.25, 0.3) is 10.9 Å². The smallest absolute Gasteiger partial charge is 0.262 e. The van der Waals surface area contributed by atoms with Gasteiger partial charge in [0.1, 0.15) is 0 Å². The van der Waals surface area contributed by atoms with Crippen LogP contribution in [0, 0.1) is 0 Å². The van der Waals surface area contributed by atoms with Crippen molar-refractivity contribution in [2.45, 2.75) is 56.8 Å². The molecule has 0 aliphatic carbocycles. The fourth-order valence-electron chi connectivity index (χ4n) is 3.42. The number of rotatable bonds is 5. The normalized spacial score (nSPS) is 16.6. The molecule has 1 fully saturated rings. The zero-order chi connectivity index (χ0) is 20.1. The van der Waals surface area contributed by atoms with E-state index in [9.17, 15) is 14.7 Å². The lowest BCUT2D eigenvalue weighted by Crippen LogP contribution is -2.35. The number of hydrogen-bond acceptors (Lipinski definition) is 5. The van der Waals surface area contributed by atoms with Gasteiger partial charge in [0, 0.05) is 18.1 Å². The molecule has 0 saturated carbocycles. The molecule has 1 saturated heterocycles. The second-order valence-electron chi connectivity index (χ2n) is 7.26. The summed E-state index contributed by atoms with van der Waals surface area (Å²) in [5, 5.41) is 11.2. The van der Waals surface area contributed by atoms with Crippen molar-refractivity contribution in [3.05, 3.63) is 33.6 Å². The average molecular weight is 424 g/mol. The van der Waals surface area contributed by atoms with Crippen LogP contribution in [-0.2, 0) is 11.3 Å². The number of benzene rings is 1. The second kappa shape index (κ2) is 9.76. The van der Waals surface area contributed by atoms with Crippen molar-refractivity contribution in [2.75, 3.05) is 18.8 Å². The molecule has 1 aliphatic heterocycles. The SMILES string of the molecule is C[C@@H](O)Cn1c(SCC(=O)N2CCCCCCC2)nc2cc(Cl)ccc2c1=O. The van der Waals surface area contributed by atoms with Crippen LogP contribution in [0.3, 0.4) is 0 Å². The topological polar surface area (TPSA) is 75.4 Å². The lowest BCUT2D eigenvalue weighted by atomic mass is 10.1. The van der Waals surface area contributed by atoms with Crippen LogP contribution in [0.5, 0.6) is 0 Å². The van der Waals surface area contributed by atoms with Crippen LogP contribution in [-0.4, -0.2) is 50.4 Å². The molecule has 1 aromatic carbocycles. The van der Waals surface area contributed by atoms with Crippen LogP contribution in [0.1, 0.15) is 39.0 Å². The molecule has 28 heavy (non-hydrogen) atoms. The van der Waals surface area contributed by atoms with Crippen molar-refractivity contribution < 1.29 is 9.90 Å². The highest BCUT2D eigenvalue weighted by Crippen LogP contribution is 2.22.